The number of benzene rings is 1. The van der Waals surface area contributed by atoms with E-state index in [0.717, 1.165) is 17.3 Å². The van der Waals surface area contributed by atoms with Crippen molar-refractivity contribution in [2.45, 2.75) is 25.5 Å². The van der Waals surface area contributed by atoms with Gasteiger partial charge in [0.15, 0.2) is 5.17 Å². The van der Waals surface area contributed by atoms with E-state index in [-0.39, 0.29) is 17.1 Å². The van der Waals surface area contributed by atoms with Gasteiger partial charge in [0.2, 0.25) is 0 Å². The molecule has 8 nitrogen and oxygen atoms in total. The van der Waals surface area contributed by atoms with Crippen molar-refractivity contribution in [2.75, 3.05) is 0 Å². The molecule has 0 spiro atoms. The van der Waals surface area contributed by atoms with Crippen LogP contribution in [0, 0.1) is 13.8 Å². The van der Waals surface area contributed by atoms with Crippen LogP contribution in [0.25, 0.3) is 5.69 Å². The number of aromatic nitrogens is 2. The summed E-state index contributed by atoms with van der Waals surface area (Å²) in [7, 11) is 0. The van der Waals surface area contributed by atoms with Crippen molar-refractivity contribution in [3.8, 4) is 5.69 Å². The number of carbonyl (C=O) groups is 2. The minimum absolute atomic E-state index is 0.156. The number of carboxylic acids is 1. The molecule has 1 aromatic heterocycles. The average Bonchev–Trinajstić information content (AvgIpc) is 3.06. The Balaban J connectivity index is 1.83. The third kappa shape index (κ3) is 3.67. The lowest BCUT2D eigenvalue weighted by molar-refractivity contribution is -0.138. The number of aromatic amines is 1. The van der Waals surface area contributed by atoms with Crippen molar-refractivity contribution in [3.05, 3.63) is 51.4 Å². The van der Waals surface area contributed by atoms with Crippen molar-refractivity contribution < 1.29 is 14.7 Å². The number of aliphatic imine (C=N–C) groups is 2. The number of carboxylic acid groups (broad SMARTS) is 1. The highest BCUT2D eigenvalue weighted by atomic mass is 32.2. The molecular formula is C17H16N4O4S. The van der Waals surface area contributed by atoms with Gasteiger partial charge in [-0.2, -0.15) is 4.99 Å². The lowest BCUT2D eigenvalue weighted by Crippen LogP contribution is -2.17. The van der Waals surface area contributed by atoms with E-state index in [0.29, 0.717) is 16.9 Å². The predicted molar refractivity (Wildman–Crippen MR) is 99.5 cm³/mol. The Morgan fingerprint density at radius 3 is 2.69 bits per heavy atom. The van der Waals surface area contributed by atoms with Crippen LogP contribution in [0.3, 0.4) is 0 Å². The Hall–Kier alpha value is -2.94. The van der Waals surface area contributed by atoms with Gasteiger partial charge in [-0.05, 0) is 26.0 Å². The number of rotatable bonds is 4. The van der Waals surface area contributed by atoms with Crippen LogP contribution in [0.5, 0.6) is 0 Å². The molecule has 3 rings (SSSR count). The fraction of sp³-hybridized carbons (Fsp3) is 0.235. The van der Waals surface area contributed by atoms with Crippen molar-refractivity contribution in [1.29, 1.82) is 0 Å². The molecule has 1 amide bonds. The summed E-state index contributed by atoms with van der Waals surface area (Å²) in [6.07, 6.45) is 1.04. The number of thioether (sulfide) groups is 1. The molecule has 0 aliphatic carbocycles. The van der Waals surface area contributed by atoms with Crippen LogP contribution in [0.2, 0.25) is 0 Å². The van der Waals surface area contributed by atoms with E-state index >= 15 is 0 Å². The highest BCUT2D eigenvalue weighted by Crippen LogP contribution is 2.25. The SMILES string of the molecule is Cc1ccc(-n2[nH]c(C)c(/C=N/C3=NC(=O)C(CC(=O)O)S3)c2=O)cc1. The molecule has 1 aromatic carbocycles. The van der Waals surface area contributed by atoms with Crippen LogP contribution in [0.15, 0.2) is 39.0 Å². The predicted octanol–water partition coefficient (Wildman–Crippen LogP) is 1.67. The summed E-state index contributed by atoms with van der Waals surface area (Å²) in [5.74, 6) is -1.59. The topological polar surface area (TPSA) is 117 Å². The minimum atomic E-state index is -1.07. The summed E-state index contributed by atoms with van der Waals surface area (Å²) in [5.41, 5.74) is 2.49. The normalized spacial score (nSPS) is 17.1. The molecule has 0 saturated carbocycles. The number of hydrogen-bond donors (Lipinski definition) is 2. The summed E-state index contributed by atoms with van der Waals surface area (Å²) in [4.78, 5) is 42.8. The highest BCUT2D eigenvalue weighted by molar-refractivity contribution is 8.15. The molecule has 0 bridgehead atoms. The molecule has 1 aliphatic rings. The van der Waals surface area contributed by atoms with E-state index in [1.807, 2.05) is 31.2 Å². The van der Waals surface area contributed by atoms with Crippen LogP contribution in [0.4, 0.5) is 0 Å². The van der Waals surface area contributed by atoms with Gasteiger partial charge in [0, 0.05) is 11.9 Å². The summed E-state index contributed by atoms with van der Waals surface area (Å²) in [5, 5.41) is 11.2. The van der Waals surface area contributed by atoms with Gasteiger partial charge in [-0.25, -0.2) is 9.67 Å². The van der Waals surface area contributed by atoms with Crippen LogP contribution < -0.4 is 5.56 Å². The number of aliphatic carboxylic acids is 1. The minimum Gasteiger partial charge on any atom is -0.481 e. The second kappa shape index (κ2) is 7.12. The molecule has 2 N–H and O–H groups in total. The zero-order chi connectivity index (χ0) is 18.8. The standard InChI is InChI=1S/C17H16N4O4S/c1-9-3-5-11(6-4-9)21-16(25)12(10(2)20-21)8-18-17-19-15(24)13(26-17)7-14(22)23/h3-6,8,13,20H,7H2,1-2H3,(H,22,23)/b18-8+. The van der Waals surface area contributed by atoms with Crippen LogP contribution in [0.1, 0.15) is 23.2 Å². The maximum absolute atomic E-state index is 12.6. The first-order valence-electron chi connectivity index (χ1n) is 7.79. The molecular weight excluding hydrogens is 356 g/mol. The first-order valence-corrected chi connectivity index (χ1v) is 8.67. The van der Waals surface area contributed by atoms with Crippen LogP contribution >= 0.6 is 11.8 Å². The van der Waals surface area contributed by atoms with E-state index in [9.17, 15) is 14.4 Å². The molecule has 0 fully saturated rings. The van der Waals surface area contributed by atoms with Crippen molar-refractivity contribution >= 4 is 35.0 Å². The van der Waals surface area contributed by atoms with E-state index in [2.05, 4.69) is 15.1 Å². The van der Waals surface area contributed by atoms with Crippen LogP contribution in [-0.4, -0.2) is 43.4 Å². The van der Waals surface area contributed by atoms with E-state index < -0.39 is 17.1 Å². The van der Waals surface area contributed by atoms with Gasteiger partial charge in [0.05, 0.1) is 17.7 Å². The van der Waals surface area contributed by atoms with Gasteiger partial charge in [-0.15, -0.1) is 0 Å². The molecule has 134 valence electrons. The number of H-pyrrole nitrogens is 1. The van der Waals surface area contributed by atoms with E-state index in [1.165, 1.54) is 10.9 Å². The van der Waals surface area contributed by atoms with Crippen molar-refractivity contribution in [3.63, 3.8) is 0 Å². The monoisotopic (exact) mass is 372 g/mol. The largest absolute Gasteiger partial charge is 0.481 e. The molecule has 9 heteroatoms. The van der Waals surface area contributed by atoms with Crippen molar-refractivity contribution in [2.24, 2.45) is 9.98 Å². The lowest BCUT2D eigenvalue weighted by atomic mass is 10.2. The molecule has 1 atom stereocenters. The second-order valence-corrected chi connectivity index (χ2v) is 6.99. The van der Waals surface area contributed by atoms with Gasteiger partial charge >= 0.3 is 5.97 Å². The summed E-state index contributed by atoms with van der Waals surface area (Å²) >= 11 is 0.985. The number of carbonyl (C=O) groups excluding carboxylic acids is 1. The quantitative estimate of drug-likeness (QED) is 0.792. The second-order valence-electron chi connectivity index (χ2n) is 5.82. The Morgan fingerprint density at radius 2 is 2.04 bits per heavy atom. The number of amidine groups is 1. The Bertz CT molecular complexity index is 985. The number of amides is 1. The number of hydrogen-bond acceptors (Lipinski definition) is 5. The maximum Gasteiger partial charge on any atom is 0.305 e. The number of aryl methyl sites for hydroxylation is 2. The highest BCUT2D eigenvalue weighted by Gasteiger charge is 2.30. The lowest BCUT2D eigenvalue weighted by Gasteiger charge is -2.01. The first-order chi connectivity index (χ1) is 12.3. The van der Waals surface area contributed by atoms with Crippen LogP contribution in [-0.2, 0) is 9.59 Å². The molecule has 2 heterocycles. The summed E-state index contributed by atoms with van der Waals surface area (Å²) in [6.45, 7) is 3.71. The summed E-state index contributed by atoms with van der Waals surface area (Å²) in [6, 6.07) is 7.48. The first kappa shape index (κ1) is 17.9. The number of nitrogens with one attached hydrogen (secondary N) is 1. The molecule has 0 radical (unpaired) electrons. The fourth-order valence-electron chi connectivity index (χ4n) is 2.42. The molecule has 1 aliphatic heterocycles. The fourth-order valence-corrected chi connectivity index (χ4v) is 3.31. The number of nitrogens with zero attached hydrogens (tertiary/aromatic N) is 3. The van der Waals surface area contributed by atoms with Gasteiger partial charge < -0.3 is 5.11 Å². The van der Waals surface area contributed by atoms with Gasteiger partial charge in [0.1, 0.15) is 5.25 Å². The molecule has 1 unspecified atom stereocenters. The van der Waals surface area contributed by atoms with E-state index in [4.69, 9.17) is 5.11 Å². The Kier molecular flexibility index (Phi) is 4.90. The summed E-state index contributed by atoms with van der Waals surface area (Å²) < 4.78 is 1.41. The van der Waals surface area contributed by atoms with Gasteiger partial charge in [0.25, 0.3) is 11.5 Å². The van der Waals surface area contributed by atoms with Crippen molar-refractivity contribution in [1.82, 2.24) is 9.78 Å². The van der Waals surface area contributed by atoms with E-state index in [1.54, 1.807) is 6.92 Å². The van der Waals surface area contributed by atoms with Gasteiger partial charge in [-0.1, -0.05) is 29.5 Å². The Labute approximate surface area is 152 Å². The average molecular weight is 372 g/mol. The third-order valence-corrected chi connectivity index (χ3v) is 4.86. The maximum atomic E-state index is 12.6. The zero-order valence-corrected chi connectivity index (χ0v) is 14.9. The zero-order valence-electron chi connectivity index (χ0n) is 14.1. The third-order valence-electron chi connectivity index (χ3n) is 3.80. The Morgan fingerprint density at radius 1 is 1.35 bits per heavy atom. The molecule has 0 saturated heterocycles. The van der Waals surface area contributed by atoms with Gasteiger partial charge in [-0.3, -0.25) is 19.5 Å². The molecule has 2 aromatic rings. The molecule has 26 heavy (non-hydrogen) atoms. The smallest absolute Gasteiger partial charge is 0.305 e.